The van der Waals surface area contributed by atoms with E-state index in [2.05, 4.69) is 265 Å². The number of aryl methyl sites for hydroxylation is 1. The molecule has 0 saturated carbocycles. The molecular formula is C63H55BN2Si. The summed E-state index contributed by atoms with van der Waals surface area (Å²) in [6.45, 7) is 16.2. The Morgan fingerprint density at radius 2 is 0.985 bits per heavy atom. The molecule has 0 atom stereocenters. The molecule has 0 saturated heterocycles. The van der Waals surface area contributed by atoms with Gasteiger partial charge in [0, 0.05) is 34.0 Å². The molecule has 0 spiro atoms. The van der Waals surface area contributed by atoms with E-state index >= 15 is 0 Å². The van der Waals surface area contributed by atoms with Gasteiger partial charge in [-0.3, -0.25) is 0 Å². The third kappa shape index (κ3) is 6.30. The average molecular weight is 879 g/mol. The summed E-state index contributed by atoms with van der Waals surface area (Å²) in [6.07, 6.45) is 0. The molecule has 0 unspecified atom stereocenters. The fourth-order valence-electron chi connectivity index (χ4n) is 11.7. The van der Waals surface area contributed by atoms with Gasteiger partial charge in [0.25, 0.3) is 6.71 Å². The number of anilines is 6. The molecule has 0 amide bonds. The number of rotatable bonds is 5. The van der Waals surface area contributed by atoms with Gasteiger partial charge in [0.2, 0.25) is 0 Å². The van der Waals surface area contributed by atoms with E-state index in [0.717, 1.165) is 5.69 Å². The topological polar surface area (TPSA) is 6.48 Å². The summed E-state index contributed by atoms with van der Waals surface area (Å²) in [5, 5.41) is 5.74. The molecule has 0 fully saturated rings. The monoisotopic (exact) mass is 878 g/mol. The summed E-state index contributed by atoms with van der Waals surface area (Å²) in [6, 6.07) is 79.2. The van der Waals surface area contributed by atoms with Gasteiger partial charge in [-0.15, -0.1) is 0 Å². The normalized spacial score (nSPS) is 14.2. The number of hydrogen-bond acceptors (Lipinski definition) is 2. The first-order chi connectivity index (χ1) is 32.4. The van der Waals surface area contributed by atoms with Gasteiger partial charge in [0.05, 0.1) is 5.69 Å². The maximum Gasteiger partial charge on any atom is 0.252 e. The highest BCUT2D eigenvalue weighted by Gasteiger charge is 2.51. The number of para-hydroxylation sites is 2. The van der Waals surface area contributed by atoms with Crippen molar-refractivity contribution in [3.05, 3.63) is 223 Å². The van der Waals surface area contributed by atoms with Crippen LogP contribution in [0.1, 0.15) is 58.2 Å². The smallest absolute Gasteiger partial charge is 0.252 e. The molecule has 0 bridgehead atoms. The summed E-state index contributed by atoms with van der Waals surface area (Å²) in [7, 11) is -2.83. The largest absolute Gasteiger partial charge is 0.311 e. The molecule has 324 valence electrons. The highest BCUT2D eigenvalue weighted by molar-refractivity contribution is 7.22. The van der Waals surface area contributed by atoms with E-state index in [-0.39, 0.29) is 17.5 Å². The maximum atomic E-state index is 2.69. The van der Waals surface area contributed by atoms with Crippen LogP contribution in [0.15, 0.2) is 206 Å². The Morgan fingerprint density at radius 3 is 1.67 bits per heavy atom. The van der Waals surface area contributed by atoms with Crippen LogP contribution in [0.5, 0.6) is 0 Å². The van der Waals surface area contributed by atoms with Gasteiger partial charge < -0.3 is 9.80 Å². The van der Waals surface area contributed by atoms with E-state index in [1.807, 2.05) is 0 Å². The molecular weight excluding hydrogens is 824 g/mol. The molecule has 4 heteroatoms. The van der Waals surface area contributed by atoms with Crippen molar-refractivity contribution in [1.29, 1.82) is 0 Å². The second-order valence-electron chi connectivity index (χ2n) is 21.0. The number of benzene rings is 9. The molecule has 67 heavy (non-hydrogen) atoms. The van der Waals surface area contributed by atoms with Gasteiger partial charge in [0.15, 0.2) is 8.07 Å². The average Bonchev–Trinajstić information content (AvgIpc) is 3.63. The lowest BCUT2D eigenvalue weighted by molar-refractivity contribution is 0.589. The van der Waals surface area contributed by atoms with Crippen molar-refractivity contribution >= 4 is 86.0 Å². The standard InChI is InChI=1S/C63H55BN2Si/c1-42-36-57-61-58(37-42)66(54-35-34-45(63(5,6)7)39-50(54)43-22-21-23-44(38-43)62(2,3)4)56-40-51-49-30-17-20-33-59(49)67(47-26-13-9-14-27-47,48-28-15-10-16-29-48)60(51)41-53(56)64(61)52-31-18-19-32-55(52)65(57)46-24-11-8-12-25-46/h8-41H,1-7H3. The molecule has 3 heterocycles. The van der Waals surface area contributed by atoms with Crippen LogP contribution in [-0.2, 0) is 10.8 Å². The lowest BCUT2D eigenvalue weighted by Gasteiger charge is -2.45. The van der Waals surface area contributed by atoms with Gasteiger partial charge >= 0.3 is 0 Å². The molecule has 9 aromatic carbocycles. The first-order valence-corrected chi connectivity index (χ1v) is 26.0. The third-order valence-corrected chi connectivity index (χ3v) is 19.7. The molecule has 0 aromatic heterocycles. The van der Waals surface area contributed by atoms with Gasteiger partial charge in [0.1, 0.15) is 0 Å². The van der Waals surface area contributed by atoms with E-state index in [0.29, 0.717) is 0 Å². The van der Waals surface area contributed by atoms with Gasteiger partial charge in [-0.25, -0.2) is 0 Å². The Morgan fingerprint density at radius 1 is 0.388 bits per heavy atom. The SMILES string of the molecule is Cc1cc2c3c(c1)N(c1ccc(C(C)(C)C)cc1-c1cccc(C(C)(C)C)c1)c1cc4c(cc1B3c1ccccc1N2c1ccccc1)[Si](c1ccccc1)(c1ccccc1)c1ccccc1-4. The molecule has 12 rings (SSSR count). The van der Waals surface area contributed by atoms with Crippen LogP contribution in [0.3, 0.4) is 0 Å². The highest BCUT2D eigenvalue weighted by Crippen LogP contribution is 2.49. The van der Waals surface area contributed by atoms with Crippen molar-refractivity contribution in [2.45, 2.75) is 59.3 Å². The van der Waals surface area contributed by atoms with Gasteiger partial charge in [-0.05, 0) is 137 Å². The van der Waals surface area contributed by atoms with E-state index in [9.17, 15) is 0 Å². The lowest BCUT2D eigenvalue weighted by Crippen LogP contribution is -2.73. The van der Waals surface area contributed by atoms with Crippen LogP contribution in [0.2, 0.25) is 0 Å². The van der Waals surface area contributed by atoms with Crippen LogP contribution in [0.4, 0.5) is 34.1 Å². The molecule has 0 radical (unpaired) electrons. The summed E-state index contributed by atoms with van der Waals surface area (Å²) < 4.78 is 0. The Bertz CT molecular complexity index is 3360. The number of hydrogen-bond donors (Lipinski definition) is 0. The Hall–Kier alpha value is -7.14. The zero-order valence-corrected chi connectivity index (χ0v) is 40.6. The van der Waals surface area contributed by atoms with Crippen molar-refractivity contribution in [2.24, 2.45) is 0 Å². The number of fused-ring (bicyclic) bond motifs is 7. The molecule has 3 aliphatic rings. The second kappa shape index (κ2) is 15.2. The quantitative estimate of drug-likeness (QED) is 0.159. The van der Waals surface area contributed by atoms with Crippen molar-refractivity contribution in [3.8, 4) is 22.3 Å². The molecule has 9 aromatic rings. The number of nitrogens with zero attached hydrogens (tertiary/aromatic N) is 2. The Balaban J connectivity index is 1.24. The molecule has 0 N–H and O–H groups in total. The van der Waals surface area contributed by atoms with E-state index in [4.69, 9.17) is 0 Å². The van der Waals surface area contributed by atoms with Crippen molar-refractivity contribution in [2.75, 3.05) is 9.80 Å². The highest BCUT2D eigenvalue weighted by atomic mass is 28.3. The Kier molecular flexibility index (Phi) is 9.37. The van der Waals surface area contributed by atoms with Crippen LogP contribution < -0.4 is 46.9 Å². The minimum absolute atomic E-state index is 0.00546. The predicted molar refractivity (Wildman–Crippen MR) is 291 cm³/mol. The first-order valence-electron chi connectivity index (χ1n) is 24.0. The van der Waals surface area contributed by atoms with Crippen LogP contribution in [0, 0.1) is 6.92 Å². The maximum absolute atomic E-state index is 2.83. The van der Waals surface area contributed by atoms with Gasteiger partial charge in [-0.2, -0.15) is 0 Å². The summed E-state index contributed by atoms with van der Waals surface area (Å²) >= 11 is 0. The summed E-state index contributed by atoms with van der Waals surface area (Å²) in [4.78, 5) is 5.18. The molecule has 2 nitrogen and oxygen atoms in total. The molecule has 0 aliphatic carbocycles. The second-order valence-corrected chi connectivity index (χ2v) is 24.7. The zero-order valence-electron chi connectivity index (χ0n) is 39.6. The van der Waals surface area contributed by atoms with Crippen molar-refractivity contribution < 1.29 is 0 Å². The first kappa shape index (κ1) is 41.3. The fraction of sp³-hybridized carbons (Fsp3) is 0.143. The van der Waals surface area contributed by atoms with Crippen LogP contribution in [-0.4, -0.2) is 14.8 Å². The van der Waals surface area contributed by atoms with Crippen LogP contribution in [0.25, 0.3) is 22.3 Å². The zero-order chi connectivity index (χ0) is 45.8. The van der Waals surface area contributed by atoms with Gasteiger partial charge in [-0.1, -0.05) is 199 Å². The summed E-state index contributed by atoms with van der Waals surface area (Å²) in [5.41, 5.74) is 20.3. The predicted octanol–water partition coefficient (Wildman–Crippen LogP) is 11.7. The fourth-order valence-corrected chi connectivity index (χ4v) is 16.9. The van der Waals surface area contributed by atoms with Crippen molar-refractivity contribution in [1.82, 2.24) is 0 Å². The van der Waals surface area contributed by atoms with E-state index in [1.54, 1.807) is 0 Å². The Labute approximate surface area is 398 Å². The van der Waals surface area contributed by atoms with E-state index in [1.165, 1.54) is 105 Å². The third-order valence-electron chi connectivity index (χ3n) is 14.9. The van der Waals surface area contributed by atoms with E-state index < -0.39 is 8.07 Å². The van der Waals surface area contributed by atoms with Crippen molar-refractivity contribution in [3.63, 3.8) is 0 Å². The minimum Gasteiger partial charge on any atom is -0.311 e. The summed E-state index contributed by atoms with van der Waals surface area (Å²) in [5.74, 6) is 0. The lowest BCUT2D eigenvalue weighted by atomic mass is 9.33. The minimum atomic E-state index is -2.83. The molecule has 3 aliphatic heterocycles. The van der Waals surface area contributed by atoms with Crippen LogP contribution >= 0.6 is 0 Å².